The monoisotopic (exact) mass is 281 g/mol. The van der Waals surface area contributed by atoms with E-state index < -0.39 is 10.0 Å². The maximum atomic E-state index is 11.9. The van der Waals surface area contributed by atoms with E-state index in [-0.39, 0.29) is 11.2 Å². The quantitative estimate of drug-likeness (QED) is 0.854. The fourth-order valence-corrected chi connectivity index (χ4v) is 3.55. The van der Waals surface area contributed by atoms with Crippen LogP contribution in [0.1, 0.15) is 44.4 Å². The van der Waals surface area contributed by atoms with Crippen LogP contribution in [0.4, 0.5) is 0 Å². The first-order valence-corrected chi connectivity index (χ1v) is 8.41. The number of hydrogen-bond acceptors (Lipinski definition) is 2. The van der Waals surface area contributed by atoms with Crippen LogP contribution in [0.15, 0.2) is 18.2 Å². The van der Waals surface area contributed by atoms with Crippen molar-refractivity contribution in [1.29, 1.82) is 0 Å². The van der Waals surface area contributed by atoms with Crippen molar-refractivity contribution in [1.82, 2.24) is 4.31 Å². The SMILES string of the molecule is CCS(=O)(=O)N1Cc2ccc(CC(C)(C)C)cc2C1. The normalized spacial score (nSPS) is 16.6. The molecular weight excluding hydrogens is 258 g/mol. The third-order valence-electron chi connectivity index (χ3n) is 3.46. The first-order chi connectivity index (χ1) is 8.71. The van der Waals surface area contributed by atoms with Gasteiger partial charge in [0.05, 0.1) is 5.75 Å². The Hall–Kier alpha value is -0.870. The number of sulfonamides is 1. The number of benzene rings is 1. The van der Waals surface area contributed by atoms with Crippen molar-refractivity contribution in [3.05, 3.63) is 34.9 Å². The molecule has 0 aromatic heterocycles. The second kappa shape index (κ2) is 4.91. The molecule has 3 nitrogen and oxygen atoms in total. The summed E-state index contributed by atoms with van der Waals surface area (Å²) in [6.45, 7) is 9.41. The highest BCUT2D eigenvalue weighted by Crippen LogP contribution is 2.28. The Kier molecular flexibility index (Phi) is 3.76. The van der Waals surface area contributed by atoms with Gasteiger partial charge in [0, 0.05) is 13.1 Å². The molecule has 1 heterocycles. The lowest BCUT2D eigenvalue weighted by Crippen LogP contribution is -2.26. The topological polar surface area (TPSA) is 37.4 Å². The summed E-state index contributed by atoms with van der Waals surface area (Å²) in [5, 5.41) is 0. The van der Waals surface area contributed by atoms with E-state index in [0.717, 1.165) is 12.0 Å². The molecule has 1 aromatic carbocycles. The Balaban J connectivity index is 2.21. The summed E-state index contributed by atoms with van der Waals surface area (Å²) in [6, 6.07) is 6.39. The number of fused-ring (bicyclic) bond motifs is 1. The Morgan fingerprint density at radius 1 is 1.16 bits per heavy atom. The predicted molar refractivity (Wildman–Crippen MR) is 78.3 cm³/mol. The number of rotatable bonds is 3. The van der Waals surface area contributed by atoms with E-state index in [4.69, 9.17) is 0 Å². The molecule has 0 bridgehead atoms. The van der Waals surface area contributed by atoms with Gasteiger partial charge in [-0.05, 0) is 35.4 Å². The highest BCUT2D eigenvalue weighted by molar-refractivity contribution is 7.89. The second-order valence-electron chi connectivity index (χ2n) is 6.51. The average molecular weight is 281 g/mol. The first kappa shape index (κ1) is 14.5. The Labute approximate surface area is 116 Å². The lowest BCUT2D eigenvalue weighted by atomic mass is 9.87. The largest absolute Gasteiger partial charge is 0.214 e. The van der Waals surface area contributed by atoms with Gasteiger partial charge in [-0.2, -0.15) is 4.31 Å². The summed E-state index contributed by atoms with van der Waals surface area (Å²) in [5.74, 6) is 0.176. The van der Waals surface area contributed by atoms with Crippen LogP contribution >= 0.6 is 0 Å². The van der Waals surface area contributed by atoms with Crippen molar-refractivity contribution in [3.8, 4) is 0 Å². The van der Waals surface area contributed by atoms with Gasteiger partial charge >= 0.3 is 0 Å². The molecule has 0 unspecified atom stereocenters. The molecule has 106 valence electrons. The fraction of sp³-hybridized carbons (Fsp3) is 0.600. The zero-order chi connectivity index (χ0) is 14.3. The summed E-state index contributed by atoms with van der Waals surface area (Å²) in [6.07, 6.45) is 1.01. The maximum absolute atomic E-state index is 11.9. The van der Waals surface area contributed by atoms with Crippen molar-refractivity contribution in [3.63, 3.8) is 0 Å². The van der Waals surface area contributed by atoms with E-state index in [1.807, 2.05) is 0 Å². The fourth-order valence-electron chi connectivity index (χ4n) is 2.52. The van der Waals surface area contributed by atoms with E-state index in [9.17, 15) is 8.42 Å². The van der Waals surface area contributed by atoms with E-state index in [0.29, 0.717) is 13.1 Å². The van der Waals surface area contributed by atoms with Crippen molar-refractivity contribution in [2.24, 2.45) is 5.41 Å². The maximum Gasteiger partial charge on any atom is 0.214 e. The van der Waals surface area contributed by atoms with E-state index in [2.05, 4.69) is 39.0 Å². The molecule has 0 N–H and O–H groups in total. The van der Waals surface area contributed by atoms with Gasteiger partial charge in [0.2, 0.25) is 10.0 Å². The van der Waals surface area contributed by atoms with E-state index in [1.54, 1.807) is 11.2 Å². The van der Waals surface area contributed by atoms with Crippen molar-refractivity contribution in [2.45, 2.75) is 47.2 Å². The van der Waals surface area contributed by atoms with Gasteiger partial charge in [0.1, 0.15) is 0 Å². The average Bonchev–Trinajstić information content (AvgIpc) is 2.70. The zero-order valence-corrected chi connectivity index (χ0v) is 13.0. The van der Waals surface area contributed by atoms with Crippen LogP contribution in [-0.4, -0.2) is 18.5 Å². The summed E-state index contributed by atoms with van der Waals surface area (Å²) < 4.78 is 25.4. The van der Waals surface area contributed by atoms with Crippen LogP contribution in [0.25, 0.3) is 0 Å². The Morgan fingerprint density at radius 2 is 1.79 bits per heavy atom. The summed E-state index contributed by atoms with van der Waals surface area (Å²) in [5.41, 5.74) is 3.86. The van der Waals surface area contributed by atoms with Crippen LogP contribution in [0.5, 0.6) is 0 Å². The molecular formula is C15H23NO2S. The summed E-state index contributed by atoms with van der Waals surface area (Å²) in [4.78, 5) is 0. The summed E-state index contributed by atoms with van der Waals surface area (Å²) in [7, 11) is -3.08. The summed E-state index contributed by atoms with van der Waals surface area (Å²) >= 11 is 0. The smallest absolute Gasteiger partial charge is 0.212 e. The molecule has 1 aliphatic rings. The van der Waals surface area contributed by atoms with Gasteiger partial charge in [-0.15, -0.1) is 0 Å². The molecule has 0 aliphatic carbocycles. The van der Waals surface area contributed by atoms with E-state index >= 15 is 0 Å². The van der Waals surface area contributed by atoms with Gasteiger partial charge in [-0.25, -0.2) is 8.42 Å². The Bertz CT molecular complexity index is 570. The minimum absolute atomic E-state index is 0.176. The molecule has 1 aliphatic heterocycles. The van der Waals surface area contributed by atoms with Gasteiger partial charge in [-0.1, -0.05) is 39.0 Å². The molecule has 0 fully saturated rings. The molecule has 0 atom stereocenters. The minimum Gasteiger partial charge on any atom is -0.212 e. The lowest BCUT2D eigenvalue weighted by Gasteiger charge is -2.18. The standard InChI is InChI=1S/C15H23NO2S/c1-5-19(17,18)16-10-13-7-6-12(8-14(13)11-16)9-15(2,3)4/h6-8H,5,9-11H2,1-4H3. The third kappa shape index (κ3) is 3.37. The molecule has 4 heteroatoms. The minimum atomic E-state index is -3.08. The molecule has 19 heavy (non-hydrogen) atoms. The predicted octanol–water partition coefficient (Wildman–Crippen LogP) is 2.94. The van der Waals surface area contributed by atoms with Crippen LogP contribution in [-0.2, 0) is 29.5 Å². The second-order valence-corrected chi connectivity index (χ2v) is 8.77. The highest BCUT2D eigenvalue weighted by atomic mass is 32.2. The van der Waals surface area contributed by atoms with Gasteiger partial charge in [0.25, 0.3) is 0 Å². The molecule has 0 amide bonds. The third-order valence-corrected chi connectivity index (χ3v) is 5.23. The zero-order valence-electron chi connectivity index (χ0n) is 12.2. The van der Waals surface area contributed by atoms with Crippen molar-refractivity contribution < 1.29 is 8.42 Å². The highest BCUT2D eigenvalue weighted by Gasteiger charge is 2.28. The van der Waals surface area contributed by atoms with Crippen LogP contribution in [0, 0.1) is 5.41 Å². The first-order valence-electron chi connectivity index (χ1n) is 6.80. The molecule has 1 aromatic rings. The lowest BCUT2D eigenvalue weighted by molar-refractivity contribution is 0.411. The number of hydrogen-bond donors (Lipinski definition) is 0. The molecule has 2 rings (SSSR count). The molecule has 0 saturated heterocycles. The number of nitrogens with zero attached hydrogens (tertiary/aromatic N) is 1. The van der Waals surface area contributed by atoms with Gasteiger partial charge in [-0.3, -0.25) is 0 Å². The van der Waals surface area contributed by atoms with Crippen molar-refractivity contribution >= 4 is 10.0 Å². The van der Waals surface area contributed by atoms with Crippen LogP contribution in [0.2, 0.25) is 0 Å². The Morgan fingerprint density at radius 3 is 2.37 bits per heavy atom. The molecule has 0 spiro atoms. The van der Waals surface area contributed by atoms with Gasteiger partial charge < -0.3 is 0 Å². The van der Waals surface area contributed by atoms with Crippen molar-refractivity contribution in [2.75, 3.05) is 5.75 Å². The van der Waals surface area contributed by atoms with Crippen LogP contribution < -0.4 is 0 Å². The van der Waals surface area contributed by atoms with Crippen LogP contribution in [0.3, 0.4) is 0 Å². The van der Waals surface area contributed by atoms with E-state index in [1.165, 1.54) is 11.1 Å². The molecule has 0 radical (unpaired) electrons. The van der Waals surface area contributed by atoms with Gasteiger partial charge in [0.15, 0.2) is 0 Å². The molecule has 0 saturated carbocycles.